The van der Waals surface area contributed by atoms with E-state index in [-0.39, 0.29) is 12.3 Å². The molecule has 2 aromatic rings. The number of aromatic amines is 1. The van der Waals surface area contributed by atoms with Crippen molar-refractivity contribution in [3.05, 3.63) is 27.8 Å². The predicted octanol–water partition coefficient (Wildman–Crippen LogP) is 2.48. The maximum Gasteiger partial charge on any atom is 0.231 e. The van der Waals surface area contributed by atoms with Gasteiger partial charge in [-0.2, -0.15) is 5.10 Å². The van der Waals surface area contributed by atoms with Gasteiger partial charge >= 0.3 is 0 Å². The molecule has 0 aliphatic heterocycles. The Kier molecular flexibility index (Phi) is 3.76. The molecule has 1 amide bonds. The number of hydrogen-bond donors (Lipinski definition) is 2. The summed E-state index contributed by atoms with van der Waals surface area (Å²) in [6, 6.07) is 1.79. The van der Waals surface area contributed by atoms with E-state index in [4.69, 9.17) is 0 Å². The molecule has 2 N–H and O–H groups in total. The number of H-pyrrole nitrogens is 1. The molecule has 0 atom stereocenters. The van der Waals surface area contributed by atoms with Crippen LogP contribution in [-0.4, -0.2) is 21.1 Å². The number of amides is 1. The summed E-state index contributed by atoms with van der Waals surface area (Å²) in [6.07, 6.45) is 0.287. The molecule has 0 bridgehead atoms. The van der Waals surface area contributed by atoms with Crippen LogP contribution in [0.5, 0.6) is 0 Å². The second-order valence-electron chi connectivity index (χ2n) is 4.49. The molecular formula is C12H16N4OS. The molecule has 2 rings (SSSR count). The van der Waals surface area contributed by atoms with Crippen molar-refractivity contribution in [2.24, 2.45) is 0 Å². The van der Waals surface area contributed by atoms with Gasteiger partial charge in [0.1, 0.15) is 0 Å². The number of nitrogens with one attached hydrogen (secondary N) is 2. The molecule has 0 fully saturated rings. The lowest BCUT2D eigenvalue weighted by Crippen LogP contribution is -2.14. The molecule has 0 spiro atoms. The summed E-state index contributed by atoms with van der Waals surface area (Å²) in [5.74, 6) is 0.861. The van der Waals surface area contributed by atoms with Gasteiger partial charge in [-0.25, -0.2) is 4.98 Å². The summed E-state index contributed by atoms with van der Waals surface area (Å²) in [6.45, 7) is 6.07. The number of nitrogens with zero attached hydrogens (tertiary/aromatic N) is 2. The van der Waals surface area contributed by atoms with Crippen molar-refractivity contribution in [3.8, 4) is 0 Å². The third kappa shape index (κ3) is 3.16. The number of aromatic nitrogens is 3. The first-order valence-electron chi connectivity index (χ1n) is 5.80. The smallest absolute Gasteiger partial charge is 0.231 e. The number of rotatable bonds is 4. The Labute approximate surface area is 110 Å². The first-order valence-corrected chi connectivity index (χ1v) is 6.68. The van der Waals surface area contributed by atoms with Crippen molar-refractivity contribution >= 4 is 23.1 Å². The zero-order valence-corrected chi connectivity index (χ0v) is 11.5. The van der Waals surface area contributed by atoms with Crippen LogP contribution in [0.4, 0.5) is 5.82 Å². The maximum atomic E-state index is 11.8. The lowest BCUT2D eigenvalue weighted by molar-refractivity contribution is -0.115. The minimum atomic E-state index is -0.0953. The van der Waals surface area contributed by atoms with Crippen LogP contribution in [-0.2, 0) is 11.2 Å². The van der Waals surface area contributed by atoms with Crippen molar-refractivity contribution in [1.82, 2.24) is 15.2 Å². The number of hydrogen-bond acceptors (Lipinski definition) is 4. The zero-order chi connectivity index (χ0) is 13.1. The van der Waals surface area contributed by atoms with E-state index in [2.05, 4.69) is 34.3 Å². The molecule has 0 aliphatic carbocycles. The first-order chi connectivity index (χ1) is 8.54. The number of anilines is 1. The molecule has 96 valence electrons. The lowest BCUT2D eigenvalue weighted by atomic mass is 10.2. The van der Waals surface area contributed by atoms with Gasteiger partial charge in [-0.3, -0.25) is 9.89 Å². The predicted molar refractivity (Wildman–Crippen MR) is 71.9 cm³/mol. The van der Waals surface area contributed by atoms with Crippen molar-refractivity contribution in [2.75, 3.05) is 5.32 Å². The minimum Gasteiger partial charge on any atom is -0.309 e. The van der Waals surface area contributed by atoms with E-state index in [1.807, 2.05) is 12.3 Å². The average molecular weight is 264 g/mol. The van der Waals surface area contributed by atoms with Gasteiger partial charge in [-0.15, -0.1) is 11.3 Å². The summed E-state index contributed by atoms with van der Waals surface area (Å²) in [4.78, 5) is 16.2. The van der Waals surface area contributed by atoms with E-state index in [0.717, 1.165) is 16.4 Å². The van der Waals surface area contributed by atoms with Crippen molar-refractivity contribution in [2.45, 2.75) is 33.1 Å². The Balaban J connectivity index is 1.94. The quantitative estimate of drug-likeness (QED) is 0.891. The lowest BCUT2D eigenvalue weighted by Gasteiger charge is -1.99. The maximum absolute atomic E-state index is 11.8. The third-order valence-corrected chi connectivity index (χ3v) is 3.57. The van der Waals surface area contributed by atoms with E-state index in [9.17, 15) is 4.79 Å². The van der Waals surface area contributed by atoms with Crippen molar-refractivity contribution < 1.29 is 4.79 Å². The summed E-state index contributed by atoms with van der Waals surface area (Å²) in [5, 5.41) is 12.5. The highest BCUT2D eigenvalue weighted by Gasteiger charge is 2.10. The molecule has 0 aliphatic rings. The Morgan fingerprint density at radius 3 is 2.89 bits per heavy atom. The molecule has 0 aromatic carbocycles. The van der Waals surface area contributed by atoms with Crippen LogP contribution < -0.4 is 5.32 Å². The van der Waals surface area contributed by atoms with Crippen LogP contribution in [0.25, 0.3) is 0 Å². The highest BCUT2D eigenvalue weighted by molar-refractivity contribution is 7.09. The molecular weight excluding hydrogens is 248 g/mol. The van der Waals surface area contributed by atoms with Gasteiger partial charge in [-0.1, -0.05) is 13.8 Å². The van der Waals surface area contributed by atoms with Gasteiger partial charge in [0.25, 0.3) is 0 Å². The van der Waals surface area contributed by atoms with E-state index < -0.39 is 0 Å². The van der Waals surface area contributed by atoms with Gasteiger partial charge in [0.15, 0.2) is 5.82 Å². The van der Waals surface area contributed by atoms with Crippen LogP contribution in [0.2, 0.25) is 0 Å². The van der Waals surface area contributed by atoms with E-state index in [0.29, 0.717) is 11.7 Å². The van der Waals surface area contributed by atoms with Crippen LogP contribution in [0, 0.1) is 6.92 Å². The second-order valence-corrected chi connectivity index (χ2v) is 5.38. The average Bonchev–Trinajstić information content (AvgIpc) is 2.88. The molecule has 0 unspecified atom stereocenters. The minimum absolute atomic E-state index is 0.0953. The van der Waals surface area contributed by atoms with Gasteiger partial charge in [0.2, 0.25) is 5.91 Å². The summed E-state index contributed by atoms with van der Waals surface area (Å²) >= 11 is 1.60. The summed E-state index contributed by atoms with van der Waals surface area (Å²) in [7, 11) is 0. The highest BCUT2D eigenvalue weighted by atomic mass is 32.1. The van der Waals surface area contributed by atoms with Crippen LogP contribution in [0.3, 0.4) is 0 Å². The van der Waals surface area contributed by atoms with Gasteiger partial charge in [0, 0.05) is 23.1 Å². The largest absolute Gasteiger partial charge is 0.309 e. The standard InChI is InChI=1S/C12H16N4OS/c1-7(2)12-13-9(6-18-12)5-11(17)14-10-4-8(3)15-16-10/h4,6-7H,5H2,1-3H3,(H2,14,15,16,17). The Hall–Kier alpha value is -1.69. The number of thiazole rings is 1. The fraction of sp³-hybridized carbons (Fsp3) is 0.417. The zero-order valence-electron chi connectivity index (χ0n) is 10.7. The van der Waals surface area contributed by atoms with Crippen molar-refractivity contribution in [3.63, 3.8) is 0 Å². The summed E-state index contributed by atoms with van der Waals surface area (Å²) < 4.78 is 0. The molecule has 18 heavy (non-hydrogen) atoms. The Bertz CT molecular complexity index is 544. The third-order valence-electron chi connectivity index (χ3n) is 2.38. The van der Waals surface area contributed by atoms with E-state index >= 15 is 0 Å². The number of carbonyl (C=O) groups is 1. The van der Waals surface area contributed by atoms with Gasteiger partial charge in [0.05, 0.1) is 17.1 Å². The molecule has 0 saturated carbocycles. The van der Waals surface area contributed by atoms with Crippen LogP contribution in [0.1, 0.15) is 36.2 Å². The molecule has 6 heteroatoms. The van der Waals surface area contributed by atoms with Crippen molar-refractivity contribution in [1.29, 1.82) is 0 Å². The summed E-state index contributed by atoms with van der Waals surface area (Å²) in [5.41, 5.74) is 1.73. The van der Waals surface area contributed by atoms with Gasteiger partial charge < -0.3 is 5.32 Å². The first kappa shape index (κ1) is 12.8. The fourth-order valence-electron chi connectivity index (χ4n) is 1.50. The topological polar surface area (TPSA) is 70.7 Å². The normalized spacial score (nSPS) is 10.9. The van der Waals surface area contributed by atoms with Gasteiger partial charge in [-0.05, 0) is 6.92 Å². The van der Waals surface area contributed by atoms with Crippen LogP contribution >= 0.6 is 11.3 Å². The Morgan fingerprint density at radius 1 is 1.56 bits per heavy atom. The molecule has 0 radical (unpaired) electrons. The fourth-order valence-corrected chi connectivity index (χ4v) is 2.34. The highest BCUT2D eigenvalue weighted by Crippen LogP contribution is 2.19. The molecule has 2 aromatic heterocycles. The molecule has 5 nitrogen and oxygen atoms in total. The molecule has 0 saturated heterocycles. The van der Waals surface area contributed by atoms with E-state index in [1.165, 1.54) is 0 Å². The Morgan fingerprint density at radius 2 is 2.33 bits per heavy atom. The second kappa shape index (κ2) is 5.30. The monoisotopic (exact) mass is 264 g/mol. The van der Waals surface area contributed by atoms with E-state index in [1.54, 1.807) is 17.4 Å². The SMILES string of the molecule is Cc1cc(NC(=O)Cc2csc(C(C)C)n2)n[nH]1. The number of aryl methyl sites for hydroxylation is 1. The molecule has 2 heterocycles. The number of carbonyl (C=O) groups excluding carboxylic acids is 1. The van der Waals surface area contributed by atoms with Crippen LogP contribution in [0.15, 0.2) is 11.4 Å².